The van der Waals surface area contributed by atoms with E-state index in [1.54, 1.807) is 0 Å². The van der Waals surface area contributed by atoms with Gasteiger partial charge >= 0.3 is 12.1 Å². The summed E-state index contributed by atoms with van der Waals surface area (Å²) in [6.45, 7) is 0. The van der Waals surface area contributed by atoms with Crippen molar-refractivity contribution in [1.29, 1.82) is 0 Å². The summed E-state index contributed by atoms with van der Waals surface area (Å²) in [7, 11) is 0. The number of aliphatic carboxylic acids is 1. The minimum absolute atomic E-state index is 0.240. The second kappa shape index (κ2) is 6.54. The topological polar surface area (TPSA) is 63.3 Å². The monoisotopic (exact) mass is 307 g/mol. The van der Waals surface area contributed by atoms with E-state index in [4.69, 9.17) is 10.8 Å². The summed E-state index contributed by atoms with van der Waals surface area (Å²) in [5.41, 5.74) is 3.33. The smallest absolute Gasteiger partial charge is 0.419 e. The molecule has 0 saturated heterocycles. The van der Waals surface area contributed by atoms with Crippen molar-refractivity contribution in [3.05, 3.63) is 35.1 Å². The lowest BCUT2D eigenvalue weighted by atomic mass is 10.1. The Morgan fingerprint density at radius 3 is 2.52 bits per heavy atom. The van der Waals surface area contributed by atoms with E-state index in [2.05, 4.69) is 5.92 Å². The van der Waals surface area contributed by atoms with Crippen LogP contribution in [0.4, 0.5) is 22.0 Å². The van der Waals surface area contributed by atoms with Crippen LogP contribution in [0.5, 0.6) is 0 Å². The Hall–Kier alpha value is -2.14. The van der Waals surface area contributed by atoms with Crippen molar-refractivity contribution >= 4 is 5.97 Å². The molecule has 0 saturated carbocycles. The molecule has 0 fully saturated rings. The highest BCUT2D eigenvalue weighted by atomic mass is 19.4. The molecule has 114 valence electrons. The molecule has 0 heterocycles. The van der Waals surface area contributed by atoms with Gasteiger partial charge in [-0.3, -0.25) is 4.79 Å². The van der Waals surface area contributed by atoms with Crippen molar-refractivity contribution in [3.63, 3.8) is 0 Å². The van der Waals surface area contributed by atoms with Gasteiger partial charge in [-0.25, -0.2) is 8.78 Å². The fourth-order valence-electron chi connectivity index (χ4n) is 1.36. The van der Waals surface area contributed by atoms with Crippen LogP contribution in [0.2, 0.25) is 0 Å². The zero-order valence-corrected chi connectivity index (χ0v) is 10.4. The van der Waals surface area contributed by atoms with Gasteiger partial charge in [-0.1, -0.05) is 11.8 Å². The second-order valence-electron chi connectivity index (χ2n) is 4.11. The molecule has 1 rings (SSSR count). The van der Waals surface area contributed by atoms with E-state index in [0.717, 1.165) is 6.07 Å². The Morgan fingerprint density at radius 2 is 2.00 bits per heavy atom. The SMILES string of the molecule is N[C@@H](C[C@@H](F)C#Cc1ccc(F)c(C(F)(F)F)c1)C(=O)O. The van der Waals surface area contributed by atoms with Crippen molar-refractivity contribution in [2.75, 3.05) is 0 Å². The van der Waals surface area contributed by atoms with Crippen molar-refractivity contribution in [2.24, 2.45) is 5.73 Å². The van der Waals surface area contributed by atoms with Gasteiger partial charge in [-0.15, -0.1) is 0 Å². The Bertz CT molecular complexity index is 588. The van der Waals surface area contributed by atoms with Crippen molar-refractivity contribution < 1.29 is 31.9 Å². The van der Waals surface area contributed by atoms with Gasteiger partial charge in [0.05, 0.1) is 5.56 Å². The number of benzene rings is 1. The van der Waals surface area contributed by atoms with E-state index in [9.17, 15) is 26.7 Å². The lowest BCUT2D eigenvalue weighted by Crippen LogP contribution is -2.32. The van der Waals surface area contributed by atoms with Crippen LogP contribution in [-0.2, 0) is 11.0 Å². The average molecular weight is 307 g/mol. The summed E-state index contributed by atoms with van der Waals surface area (Å²) in [6, 6.07) is 0.518. The summed E-state index contributed by atoms with van der Waals surface area (Å²) in [4.78, 5) is 10.4. The second-order valence-corrected chi connectivity index (χ2v) is 4.11. The molecule has 0 aliphatic carbocycles. The zero-order chi connectivity index (χ0) is 16.2. The summed E-state index contributed by atoms with van der Waals surface area (Å²) in [6.07, 6.45) is -7.41. The number of rotatable bonds is 3. The van der Waals surface area contributed by atoms with Crippen LogP contribution in [0.3, 0.4) is 0 Å². The van der Waals surface area contributed by atoms with Gasteiger partial charge in [0.15, 0.2) is 6.17 Å². The molecule has 0 amide bonds. The molecule has 3 N–H and O–H groups in total. The lowest BCUT2D eigenvalue weighted by Gasteiger charge is -2.08. The first-order valence-corrected chi connectivity index (χ1v) is 5.62. The highest BCUT2D eigenvalue weighted by molar-refractivity contribution is 5.73. The van der Waals surface area contributed by atoms with E-state index < -0.39 is 42.2 Å². The summed E-state index contributed by atoms with van der Waals surface area (Å²) in [5, 5.41) is 8.47. The minimum Gasteiger partial charge on any atom is -0.480 e. The van der Waals surface area contributed by atoms with Gasteiger partial charge in [-0.05, 0) is 18.2 Å². The molecule has 0 spiro atoms. The standard InChI is InChI=1S/C13H10F5NO2/c14-8(6-11(19)12(20)21)3-1-7-2-4-10(15)9(5-7)13(16,17)18/h2,4-5,8,11H,6,19H2,(H,20,21)/t8-,11-/m0/s1. The van der Waals surface area contributed by atoms with Crippen LogP contribution >= 0.6 is 0 Å². The molecular formula is C13H10F5NO2. The highest BCUT2D eigenvalue weighted by Crippen LogP contribution is 2.31. The van der Waals surface area contributed by atoms with E-state index >= 15 is 0 Å². The van der Waals surface area contributed by atoms with Gasteiger partial charge in [0.1, 0.15) is 11.9 Å². The molecule has 21 heavy (non-hydrogen) atoms. The highest BCUT2D eigenvalue weighted by Gasteiger charge is 2.34. The largest absolute Gasteiger partial charge is 0.480 e. The third-order valence-electron chi connectivity index (χ3n) is 2.42. The lowest BCUT2D eigenvalue weighted by molar-refractivity contribution is -0.140. The fraction of sp³-hybridized carbons (Fsp3) is 0.308. The van der Waals surface area contributed by atoms with E-state index in [0.29, 0.717) is 12.1 Å². The van der Waals surface area contributed by atoms with Crippen LogP contribution in [0.15, 0.2) is 18.2 Å². The molecule has 0 aliphatic heterocycles. The van der Waals surface area contributed by atoms with Crippen LogP contribution in [0, 0.1) is 17.7 Å². The number of alkyl halides is 4. The Balaban J connectivity index is 2.90. The van der Waals surface area contributed by atoms with E-state index in [1.807, 2.05) is 5.92 Å². The van der Waals surface area contributed by atoms with Gasteiger partial charge in [-0.2, -0.15) is 13.2 Å². The van der Waals surface area contributed by atoms with Gasteiger partial charge in [0.2, 0.25) is 0 Å². The number of carboxylic acid groups (broad SMARTS) is 1. The maximum absolute atomic E-state index is 13.3. The van der Waals surface area contributed by atoms with Gasteiger partial charge < -0.3 is 10.8 Å². The zero-order valence-electron chi connectivity index (χ0n) is 10.4. The molecule has 0 radical (unpaired) electrons. The first kappa shape index (κ1) is 16.9. The normalized spacial score (nSPS) is 14.0. The molecule has 0 bridgehead atoms. The Morgan fingerprint density at radius 1 is 1.38 bits per heavy atom. The molecule has 1 aromatic rings. The molecule has 8 heteroatoms. The summed E-state index contributed by atoms with van der Waals surface area (Å²) < 4.78 is 63.6. The van der Waals surface area contributed by atoms with Crippen molar-refractivity contribution in [3.8, 4) is 11.8 Å². The number of nitrogens with two attached hydrogens (primary N) is 1. The maximum Gasteiger partial charge on any atom is 0.419 e. The Labute approximate surface area is 116 Å². The Kier molecular flexibility index (Phi) is 5.27. The van der Waals surface area contributed by atoms with Crippen LogP contribution in [0.25, 0.3) is 0 Å². The molecular weight excluding hydrogens is 297 g/mol. The molecule has 1 aromatic carbocycles. The van der Waals surface area contributed by atoms with Crippen molar-refractivity contribution in [1.82, 2.24) is 0 Å². The predicted octanol–water partition coefficient (Wildman–Crippen LogP) is 2.34. The first-order chi connectivity index (χ1) is 9.61. The van der Waals surface area contributed by atoms with Crippen LogP contribution in [0.1, 0.15) is 17.5 Å². The molecule has 2 atom stereocenters. The third-order valence-corrected chi connectivity index (χ3v) is 2.42. The number of halogens is 5. The van der Waals surface area contributed by atoms with Crippen LogP contribution < -0.4 is 5.73 Å². The average Bonchev–Trinajstić information content (AvgIpc) is 2.36. The third kappa shape index (κ3) is 5.04. The molecule has 0 unspecified atom stereocenters. The predicted molar refractivity (Wildman–Crippen MR) is 63.4 cm³/mol. The number of hydrogen-bond donors (Lipinski definition) is 2. The van der Waals surface area contributed by atoms with Gasteiger partial charge in [0, 0.05) is 12.0 Å². The fourth-order valence-corrected chi connectivity index (χ4v) is 1.36. The minimum atomic E-state index is -4.89. The van der Waals surface area contributed by atoms with Gasteiger partial charge in [0.25, 0.3) is 0 Å². The quantitative estimate of drug-likeness (QED) is 0.665. The van der Waals surface area contributed by atoms with E-state index in [1.165, 1.54) is 0 Å². The van der Waals surface area contributed by atoms with Crippen molar-refractivity contribution in [2.45, 2.75) is 24.8 Å². The maximum atomic E-state index is 13.3. The molecule has 3 nitrogen and oxygen atoms in total. The molecule has 0 aromatic heterocycles. The number of hydrogen-bond acceptors (Lipinski definition) is 2. The van der Waals surface area contributed by atoms with E-state index in [-0.39, 0.29) is 5.56 Å². The molecule has 0 aliphatic rings. The van der Waals surface area contributed by atoms with Crippen LogP contribution in [-0.4, -0.2) is 23.3 Å². The first-order valence-electron chi connectivity index (χ1n) is 5.62. The summed E-state index contributed by atoms with van der Waals surface area (Å²) in [5.74, 6) is 1.14. The summed E-state index contributed by atoms with van der Waals surface area (Å²) >= 11 is 0. The number of carboxylic acids is 1. The number of carbonyl (C=O) groups is 1.